The van der Waals surface area contributed by atoms with Crippen molar-refractivity contribution in [2.24, 2.45) is 0 Å². The number of hydrogen-bond donors (Lipinski definition) is 1. The van der Waals surface area contributed by atoms with Crippen LogP contribution in [0.25, 0.3) is 0 Å². The van der Waals surface area contributed by atoms with Crippen LogP contribution >= 0.6 is 0 Å². The van der Waals surface area contributed by atoms with E-state index in [0.29, 0.717) is 0 Å². The Balaban J connectivity index is 1.72. The number of furan rings is 1. The summed E-state index contributed by atoms with van der Waals surface area (Å²) in [4.78, 5) is 2.25. The number of anilines is 1. The Morgan fingerprint density at radius 2 is 2.21 bits per heavy atom. The van der Waals surface area contributed by atoms with Crippen molar-refractivity contribution in [1.29, 1.82) is 0 Å². The third-order valence-corrected chi connectivity index (χ3v) is 3.23. The van der Waals surface area contributed by atoms with Crippen LogP contribution in [-0.4, -0.2) is 25.1 Å². The van der Waals surface area contributed by atoms with Gasteiger partial charge in [0.1, 0.15) is 12.4 Å². The molecule has 0 saturated heterocycles. The van der Waals surface area contributed by atoms with E-state index in [2.05, 4.69) is 35.5 Å². The van der Waals surface area contributed by atoms with Gasteiger partial charge >= 0.3 is 0 Å². The first-order valence-electron chi connectivity index (χ1n) is 6.51. The van der Waals surface area contributed by atoms with E-state index in [1.165, 1.54) is 11.1 Å². The molecule has 1 aromatic carbocycles. The van der Waals surface area contributed by atoms with Crippen molar-refractivity contribution in [3.63, 3.8) is 0 Å². The summed E-state index contributed by atoms with van der Waals surface area (Å²) in [7, 11) is 2.10. The van der Waals surface area contributed by atoms with Crippen LogP contribution in [0.3, 0.4) is 0 Å². The lowest BCUT2D eigenvalue weighted by atomic mass is 10.1. The number of nitrogens with one attached hydrogen (secondary N) is 1. The second-order valence-electron chi connectivity index (χ2n) is 4.87. The number of para-hydroxylation sites is 1. The van der Waals surface area contributed by atoms with Crippen LogP contribution in [0.5, 0.6) is 5.75 Å². The number of hydrogen-bond acceptors (Lipinski definition) is 4. The van der Waals surface area contributed by atoms with Crippen molar-refractivity contribution < 1.29 is 9.15 Å². The Hall–Kier alpha value is -1.94. The standard InChI is InChI=1S/C15H18N2O2/c1-17(9-12-5-7-18-11-12)10-13-3-2-4-14-15(13)19-8-6-16-14/h2-5,7,11,16H,6,8-10H2,1H3. The summed E-state index contributed by atoms with van der Waals surface area (Å²) >= 11 is 0. The first-order chi connectivity index (χ1) is 9.33. The second kappa shape index (κ2) is 5.36. The Labute approximate surface area is 113 Å². The van der Waals surface area contributed by atoms with Crippen LogP contribution in [0.4, 0.5) is 5.69 Å². The first kappa shape index (κ1) is 12.1. The Morgan fingerprint density at radius 3 is 3.05 bits per heavy atom. The molecule has 0 radical (unpaired) electrons. The highest BCUT2D eigenvalue weighted by atomic mass is 16.5. The molecule has 0 amide bonds. The topological polar surface area (TPSA) is 37.6 Å². The number of ether oxygens (including phenoxy) is 1. The summed E-state index contributed by atoms with van der Waals surface area (Å²) in [6, 6.07) is 8.25. The fourth-order valence-corrected chi connectivity index (χ4v) is 2.40. The zero-order chi connectivity index (χ0) is 13.1. The quantitative estimate of drug-likeness (QED) is 0.915. The first-order valence-corrected chi connectivity index (χ1v) is 6.51. The fourth-order valence-electron chi connectivity index (χ4n) is 2.40. The van der Waals surface area contributed by atoms with E-state index in [0.717, 1.165) is 37.7 Å². The molecule has 0 unspecified atom stereocenters. The SMILES string of the molecule is CN(Cc1ccoc1)Cc1cccc2c1OCCN2. The number of rotatable bonds is 4. The van der Waals surface area contributed by atoms with Gasteiger partial charge < -0.3 is 14.5 Å². The lowest BCUT2D eigenvalue weighted by Gasteiger charge is -2.24. The van der Waals surface area contributed by atoms with Gasteiger partial charge in [0, 0.05) is 30.8 Å². The van der Waals surface area contributed by atoms with Crippen molar-refractivity contribution in [1.82, 2.24) is 4.90 Å². The average Bonchev–Trinajstić information content (AvgIpc) is 2.92. The van der Waals surface area contributed by atoms with Crippen LogP contribution in [0.1, 0.15) is 11.1 Å². The van der Waals surface area contributed by atoms with E-state index in [9.17, 15) is 0 Å². The molecule has 0 atom stereocenters. The van der Waals surface area contributed by atoms with Gasteiger partial charge in [-0.25, -0.2) is 0 Å². The molecule has 0 fully saturated rings. The van der Waals surface area contributed by atoms with Crippen molar-refractivity contribution in [2.75, 3.05) is 25.5 Å². The predicted molar refractivity (Wildman–Crippen MR) is 74.3 cm³/mol. The number of benzene rings is 1. The molecule has 4 nitrogen and oxygen atoms in total. The Kier molecular flexibility index (Phi) is 3.42. The molecule has 4 heteroatoms. The highest BCUT2D eigenvalue weighted by molar-refractivity contribution is 5.61. The molecule has 19 heavy (non-hydrogen) atoms. The third kappa shape index (κ3) is 2.74. The van der Waals surface area contributed by atoms with Crippen LogP contribution in [0, 0.1) is 0 Å². The van der Waals surface area contributed by atoms with Crippen LogP contribution in [-0.2, 0) is 13.1 Å². The predicted octanol–water partition coefficient (Wildman–Crippen LogP) is 2.72. The Morgan fingerprint density at radius 1 is 1.26 bits per heavy atom. The summed E-state index contributed by atoms with van der Waals surface area (Å²) in [5, 5.41) is 3.36. The molecule has 0 aliphatic carbocycles. The normalized spacial score (nSPS) is 13.8. The number of fused-ring (bicyclic) bond motifs is 1. The largest absolute Gasteiger partial charge is 0.489 e. The maximum Gasteiger partial charge on any atom is 0.146 e. The zero-order valence-corrected chi connectivity index (χ0v) is 11.1. The molecule has 0 bridgehead atoms. The van der Waals surface area contributed by atoms with Gasteiger partial charge in [-0.1, -0.05) is 12.1 Å². The van der Waals surface area contributed by atoms with Gasteiger partial charge in [-0.2, -0.15) is 0 Å². The van der Waals surface area contributed by atoms with Crippen LogP contribution < -0.4 is 10.1 Å². The molecule has 1 aliphatic heterocycles. The molecular formula is C15H18N2O2. The zero-order valence-electron chi connectivity index (χ0n) is 11.1. The highest BCUT2D eigenvalue weighted by Crippen LogP contribution is 2.31. The summed E-state index contributed by atoms with van der Waals surface area (Å²) in [6.07, 6.45) is 3.50. The van der Waals surface area contributed by atoms with Crippen molar-refractivity contribution in [3.05, 3.63) is 47.9 Å². The second-order valence-corrected chi connectivity index (χ2v) is 4.87. The van der Waals surface area contributed by atoms with Crippen molar-refractivity contribution >= 4 is 5.69 Å². The fraction of sp³-hybridized carbons (Fsp3) is 0.333. The van der Waals surface area contributed by atoms with Crippen molar-refractivity contribution in [2.45, 2.75) is 13.1 Å². The van der Waals surface area contributed by atoms with Gasteiger partial charge in [0.05, 0.1) is 18.2 Å². The summed E-state index contributed by atoms with van der Waals surface area (Å²) in [5.41, 5.74) is 3.50. The van der Waals surface area contributed by atoms with E-state index in [4.69, 9.17) is 9.15 Å². The number of nitrogens with zero attached hydrogens (tertiary/aromatic N) is 1. The van der Waals surface area contributed by atoms with Gasteiger partial charge in [-0.15, -0.1) is 0 Å². The molecular weight excluding hydrogens is 240 g/mol. The Bertz CT molecular complexity index is 537. The van der Waals surface area contributed by atoms with E-state index < -0.39 is 0 Å². The van der Waals surface area contributed by atoms with Gasteiger partial charge in [-0.3, -0.25) is 4.90 Å². The highest BCUT2D eigenvalue weighted by Gasteiger charge is 2.15. The molecule has 2 heterocycles. The van der Waals surface area contributed by atoms with E-state index in [1.807, 2.05) is 6.07 Å². The van der Waals surface area contributed by atoms with Gasteiger partial charge in [0.15, 0.2) is 0 Å². The minimum absolute atomic E-state index is 0.732. The summed E-state index contributed by atoms with van der Waals surface area (Å²) in [5.74, 6) is 0.993. The summed E-state index contributed by atoms with van der Waals surface area (Å²) in [6.45, 7) is 3.33. The van der Waals surface area contributed by atoms with Gasteiger partial charge in [-0.05, 0) is 19.2 Å². The smallest absolute Gasteiger partial charge is 0.146 e. The van der Waals surface area contributed by atoms with Crippen molar-refractivity contribution in [3.8, 4) is 5.75 Å². The average molecular weight is 258 g/mol. The minimum atomic E-state index is 0.732. The molecule has 1 aromatic heterocycles. The molecule has 3 rings (SSSR count). The van der Waals surface area contributed by atoms with E-state index >= 15 is 0 Å². The van der Waals surface area contributed by atoms with E-state index in [1.54, 1.807) is 12.5 Å². The lowest BCUT2D eigenvalue weighted by Crippen LogP contribution is -2.22. The lowest BCUT2D eigenvalue weighted by molar-refractivity contribution is 0.290. The minimum Gasteiger partial charge on any atom is -0.489 e. The third-order valence-electron chi connectivity index (χ3n) is 3.23. The molecule has 100 valence electrons. The van der Waals surface area contributed by atoms with E-state index in [-0.39, 0.29) is 0 Å². The van der Waals surface area contributed by atoms with Gasteiger partial charge in [0.25, 0.3) is 0 Å². The van der Waals surface area contributed by atoms with Crippen LogP contribution in [0.2, 0.25) is 0 Å². The van der Waals surface area contributed by atoms with Gasteiger partial charge in [0.2, 0.25) is 0 Å². The summed E-state index contributed by atoms with van der Waals surface area (Å²) < 4.78 is 10.9. The molecule has 1 N–H and O–H groups in total. The molecule has 0 saturated carbocycles. The molecule has 1 aliphatic rings. The maximum atomic E-state index is 5.78. The molecule has 0 spiro atoms. The van der Waals surface area contributed by atoms with Crippen LogP contribution in [0.15, 0.2) is 41.2 Å². The maximum absolute atomic E-state index is 5.78. The monoisotopic (exact) mass is 258 g/mol. The molecule has 2 aromatic rings.